The van der Waals surface area contributed by atoms with E-state index < -0.39 is 0 Å². The molecule has 21 heavy (non-hydrogen) atoms. The van der Waals surface area contributed by atoms with Gasteiger partial charge in [-0.05, 0) is 59.3 Å². The molecule has 0 aliphatic heterocycles. The van der Waals surface area contributed by atoms with E-state index in [9.17, 15) is 0 Å². The van der Waals surface area contributed by atoms with Gasteiger partial charge in [0.1, 0.15) is 9.52 Å². The first-order valence-electron chi connectivity index (χ1n) is 6.87. The van der Waals surface area contributed by atoms with Crippen molar-refractivity contribution in [3.63, 3.8) is 0 Å². The summed E-state index contributed by atoms with van der Waals surface area (Å²) in [5.41, 5.74) is 3.68. The Morgan fingerprint density at radius 1 is 0.857 bits per heavy atom. The highest BCUT2D eigenvalue weighted by atomic mass is 127. The van der Waals surface area contributed by atoms with Crippen LogP contribution in [0.1, 0.15) is 5.56 Å². The highest BCUT2D eigenvalue weighted by Crippen LogP contribution is 2.31. The van der Waals surface area contributed by atoms with Gasteiger partial charge in [-0.3, -0.25) is 4.57 Å². The molecule has 3 heteroatoms. The zero-order chi connectivity index (χ0) is 14.4. The van der Waals surface area contributed by atoms with Gasteiger partial charge in [0.15, 0.2) is 0 Å². The quantitative estimate of drug-likeness (QED) is 0.330. The molecule has 0 unspecified atom stereocenters. The topological polar surface area (TPSA) is 17.8 Å². The van der Waals surface area contributed by atoms with Crippen LogP contribution in [-0.2, 0) is 0 Å². The minimum absolute atomic E-state index is 0.971. The smallest absolute Gasteiger partial charge is 0.138 e. The molecule has 0 fully saturated rings. The molecule has 4 rings (SSSR count). The summed E-state index contributed by atoms with van der Waals surface area (Å²) in [5, 5.41) is 2.55. The zero-order valence-electron chi connectivity index (χ0n) is 11.5. The van der Waals surface area contributed by atoms with Crippen molar-refractivity contribution >= 4 is 44.4 Å². The van der Waals surface area contributed by atoms with Gasteiger partial charge < -0.3 is 0 Å². The highest BCUT2D eigenvalue weighted by molar-refractivity contribution is 14.1. The molecular formula is C18H13IN2. The fourth-order valence-electron chi connectivity index (χ4n) is 2.85. The second-order valence-corrected chi connectivity index (χ2v) is 6.30. The Bertz CT molecular complexity index is 969. The molecule has 0 amide bonds. The number of aryl methyl sites for hydroxylation is 1. The Balaban J connectivity index is 2.21. The van der Waals surface area contributed by atoms with Crippen LogP contribution < -0.4 is 0 Å². The van der Waals surface area contributed by atoms with Gasteiger partial charge >= 0.3 is 0 Å². The highest BCUT2D eigenvalue weighted by Gasteiger charge is 2.12. The fraction of sp³-hybridized carbons (Fsp3) is 0.0556. The van der Waals surface area contributed by atoms with Crippen molar-refractivity contribution in [3.8, 4) is 5.82 Å². The Morgan fingerprint density at radius 3 is 2.52 bits per heavy atom. The number of pyridine rings is 1. The summed E-state index contributed by atoms with van der Waals surface area (Å²) in [4.78, 5) is 4.70. The summed E-state index contributed by atoms with van der Waals surface area (Å²) in [5.74, 6) is 0.971. The lowest BCUT2D eigenvalue weighted by Gasteiger charge is -2.07. The largest absolute Gasteiger partial charge is 0.294 e. The van der Waals surface area contributed by atoms with Gasteiger partial charge in [-0.15, -0.1) is 0 Å². The molecule has 0 N–H and O–H groups in total. The first-order valence-corrected chi connectivity index (χ1v) is 7.95. The van der Waals surface area contributed by atoms with Crippen molar-refractivity contribution in [3.05, 3.63) is 69.9 Å². The molecule has 0 atom stereocenters. The Hall–Kier alpha value is -1.88. The van der Waals surface area contributed by atoms with Gasteiger partial charge in [-0.25, -0.2) is 4.98 Å². The predicted octanol–water partition coefficient (Wildman–Crippen LogP) is 5.09. The Morgan fingerprint density at radius 2 is 1.67 bits per heavy atom. The summed E-state index contributed by atoms with van der Waals surface area (Å²) in [6, 6.07) is 21.3. The molecule has 4 aromatic rings. The maximum atomic E-state index is 4.70. The second-order valence-electron chi connectivity index (χ2n) is 5.19. The molecule has 0 spiro atoms. The summed E-state index contributed by atoms with van der Waals surface area (Å²) >= 11 is 2.26. The van der Waals surface area contributed by atoms with Crippen molar-refractivity contribution in [2.75, 3.05) is 0 Å². The van der Waals surface area contributed by atoms with Gasteiger partial charge in [0.25, 0.3) is 0 Å². The summed E-state index contributed by atoms with van der Waals surface area (Å²) in [6.07, 6.45) is 0. The Kier molecular flexibility index (Phi) is 2.96. The summed E-state index contributed by atoms with van der Waals surface area (Å²) < 4.78 is 3.25. The predicted molar refractivity (Wildman–Crippen MR) is 96.0 cm³/mol. The summed E-state index contributed by atoms with van der Waals surface area (Å²) in [6.45, 7) is 2.13. The first kappa shape index (κ1) is 12.8. The lowest BCUT2D eigenvalue weighted by molar-refractivity contribution is 1.06. The number of aromatic nitrogens is 2. The maximum Gasteiger partial charge on any atom is 0.138 e. The van der Waals surface area contributed by atoms with E-state index in [1.54, 1.807) is 0 Å². The number of hydrogen-bond donors (Lipinski definition) is 0. The fourth-order valence-corrected chi connectivity index (χ4v) is 3.30. The van der Waals surface area contributed by atoms with Gasteiger partial charge in [0, 0.05) is 10.8 Å². The van der Waals surface area contributed by atoms with E-state index in [1.165, 1.54) is 27.4 Å². The van der Waals surface area contributed by atoms with Gasteiger partial charge in [-0.2, -0.15) is 0 Å². The lowest BCUT2D eigenvalue weighted by atomic mass is 10.1. The second kappa shape index (κ2) is 4.84. The molecule has 2 aromatic heterocycles. The average Bonchev–Trinajstić information content (AvgIpc) is 2.80. The number of para-hydroxylation sites is 1. The van der Waals surface area contributed by atoms with E-state index in [2.05, 4.69) is 88.7 Å². The number of benzene rings is 2. The van der Waals surface area contributed by atoms with Crippen LogP contribution in [0.25, 0.3) is 27.6 Å². The minimum atomic E-state index is 0.971. The van der Waals surface area contributed by atoms with Crippen molar-refractivity contribution in [1.82, 2.24) is 9.55 Å². The average molecular weight is 384 g/mol. The maximum absolute atomic E-state index is 4.70. The van der Waals surface area contributed by atoms with Gasteiger partial charge in [0.05, 0.1) is 11.0 Å². The molecule has 0 aliphatic rings. The number of hydrogen-bond acceptors (Lipinski definition) is 1. The number of rotatable bonds is 1. The summed E-state index contributed by atoms with van der Waals surface area (Å²) in [7, 11) is 0. The number of halogens is 1. The minimum Gasteiger partial charge on any atom is -0.294 e. The van der Waals surface area contributed by atoms with E-state index in [-0.39, 0.29) is 0 Å². The molecule has 102 valence electrons. The zero-order valence-corrected chi connectivity index (χ0v) is 13.7. The van der Waals surface area contributed by atoms with Crippen LogP contribution in [-0.4, -0.2) is 9.55 Å². The van der Waals surface area contributed by atoms with Crippen LogP contribution in [0.5, 0.6) is 0 Å². The molecule has 0 saturated carbocycles. The van der Waals surface area contributed by atoms with Crippen LogP contribution >= 0.6 is 22.6 Å². The van der Waals surface area contributed by atoms with Gasteiger partial charge in [-0.1, -0.05) is 36.4 Å². The SMILES string of the molecule is Cc1ccc2c3ccccc3n(-c3cccc(I)n3)c2c1. The van der Waals surface area contributed by atoms with Crippen molar-refractivity contribution in [2.24, 2.45) is 0 Å². The van der Waals surface area contributed by atoms with E-state index in [0.717, 1.165) is 9.52 Å². The van der Waals surface area contributed by atoms with E-state index in [4.69, 9.17) is 4.98 Å². The van der Waals surface area contributed by atoms with Crippen molar-refractivity contribution in [2.45, 2.75) is 6.92 Å². The molecule has 2 nitrogen and oxygen atoms in total. The van der Waals surface area contributed by atoms with Crippen molar-refractivity contribution in [1.29, 1.82) is 0 Å². The third-order valence-corrected chi connectivity index (χ3v) is 4.36. The number of fused-ring (bicyclic) bond motifs is 3. The molecule has 0 radical (unpaired) electrons. The van der Waals surface area contributed by atoms with E-state index >= 15 is 0 Å². The monoisotopic (exact) mass is 384 g/mol. The van der Waals surface area contributed by atoms with Crippen molar-refractivity contribution < 1.29 is 0 Å². The van der Waals surface area contributed by atoms with Crippen LogP contribution in [0.15, 0.2) is 60.7 Å². The van der Waals surface area contributed by atoms with Crippen LogP contribution in [0, 0.1) is 10.6 Å². The van der Waals surface area contributed by atoms with Crippen LogP contribution in [0.2, 0.25) is 0 Å². The molecule has 2 heterocycles. The Labute approximate surface area is 136 Å². The van der Waals surface area contributed by atoms with E-state index in [0.29, 0.717) is 0 Å². The van der Waals surface area contributed by atoms with Gasteiger partial charge in [0.2, 0.25) is 0 Å². The number of nitrogens with zero attached hydrogens (tertiary/aromatic N) is 2. The first-order chi connectivity index (χ1) is 10.2. The lowest BCUT2D eigenvalue weighted by Crippen LogP contribution is -1.98. The third kappa shape index (κ3) is 2.03. The molecule has 2 aromatic carbocycles. The van der Waals surface area contributed by atoms with Crippen LogP contribution in [0.4, 0.5) is 0 Å². The standard InChI is InChI=1S/C18H13IN2/c1-12-9-10-14-13-5-2-3-6-15(13)21(16(14)11-12)18-8-4-7-17(19)20-18/h2-11H,1H3. The molecular weight excluding hydrogens is 371 g/mol. The van der Waals surface area contributed by atoms with Crippen LogP contribution in [0.3, 0.4) is 0 Å². The third-order valence-electron chi connectivity index (χ3n) is 3.76. The molecule has 0 saturated heterocycles. The van der Waals surface area contributed by atoms with E-state index in [1.807, 2.05) is 6.07 Å². The molecule has 0 aliphatic carbocycles. The normalized spacial score (nSPS) is 11.3. The molecule has 0 bridgehead atoms.